The molecule has 0 radical (unpaired) electrons. The van der Waals surface area contributed by atoms with Crippen LogP contribution in [0, 0.1) is 0 Å². The van der Waals surface area contributed by atoms with E-state index >= 15 is 0 Å². The molecule has 0 bridgehead atoms. The van der Waals surface area contributed by atoms with E-state index < -0.39 is 0 Å². The molecule has 0 spiro atoms. The van der Waals surface area contributed by atoms with Gasteiger partial charge in [0, 0.05) is 38.8 Å². The zero-order valence-corrected chi connectivity index (χ0v) is 17.0. The Kier molecular flexibility index (Phi) is 7.28. The van der Waals surface area contributed by atoms with Gasteiger partial charge in [-0.05, 0) is 29.7 Å². The third kappa shape index (κ3) is 6.10. The van der Waals surface area contributed by atoms with Gasteiger partial charge in [-0.1, -0.05) is 42.5 Å². The molecule has 29 heavy (non-hydrogen) atoms. The minimum atomic E-state index is -0.0985. The third-order valence-electron chi connectivity index (χ3n) is 4.67. The van der Waals surface area contributed by atoms with Crippen LogP contribution in [-0.4, -0.2) is 50.1 Å². The molecule has 0 saturated heterocycles. The van der Waals surface area contributed by atoms with Crippen LogP contribution in [0.1, 0.15) is 18.9 Å². The maximum absolute atomic E-state index is 11.2. The van der Waals surface area contributed by atoms with Crippen LogP contribution in [0.4, 0.5) is 5.69 Å². The highest BCUT2D eigenvalue weighted by atomic mass is 16.5. The zero-order valence-electron chi connectivity index (χ0n) is 17.0. The number of hydrogen-bond acceptors (Lipinski definition) is 3. The Bertz CT molecular complexity index is 877. The predicted molar refractivity (Wildman–Crippen MR) is 118 cm³/mol. The predicted octanol–water partition coefficient (Wildman–Crippen LogP) is 3.39. The smallest absolute Gasteiger partial charge is 0.221 e. The number of amides is 1. The Morgan fingerprint density at radius 2 is 2.00 bits per heavy atom. The van der Waals surface area contributed by atoms with E-state index in [1.165, 1.54) is 18.1 Å². The van der Waals surface area contributed by atoms with Crippen LogP contribution in [0.2, 0.25) is 0 Å². The van der Waals surface area contributed by atoms with Gasteiger partial charge in [-0.15, -0.1) is 0 Å². The minimum absolute atomic E-state index is 0.0985. The van der Waals surface area contributed by atoms with Gasteiger partial charge in [-0.25, -0.2) is 0 Å². The van der Waals surface area contributed by atoms with Crippen LogP contribution < -0.4 is 15.4 Å². The summed E-state index contributed by atoms with van der Waals surface area (Å²) in [6, 6.07) is 17.9. The molecule has 1 aliphatic rings. The van der Waals surface area contributed by atoms with Gasteiger partial charge >= 0.3 is 0 Å². The van der Waals surface area contributed by atoms with Crippen molar-refractivity contribution >= 4 is 23.1 Å². The van der Waals surface area contributed by atoms with Crippen molar-refractivity contribution in [2.45, 2.75) is 13.3 Å². The van der Waals surface area contributed by atoms with Gasteiger partial charge in [0.25, 0.3) is 0 Å². The summed E-state index contributed by atoms with van der Waals surface area (Å²) in [6.45, 7) is 4.40. The number of nitrogens with one attached hydrogen (secondary N) is 2. The number of carbonyl (C=O) groups excluding carboxylic acids is 1. The van der Waals surface area contributed by atoms with Crippen molar-refractivity contribution in [1.29, 1.82) is 0 Å². The van der Waals surface area contributed by atoms with Crippen LogP contribution >= 0.6 is 0 Å². The Morgan fingerprint density at radius 1 is 1.17 bits per heavy atom. The first-order valence-electron chi connectivity index (χ1n) is 9.86. The van der Waals surface area contributed by atoms with Gasteiger partial charge < -0.3 is 20.3 Å². The zero-order chi connectivity index (χ0) is 20.5. The average Bonchev–Trinajstić information content (AvgIpc) is 2.74. The molecule has 1 aliphatic heterocycles. The first kappa shape index (κ1) is 20.5. The highest BCUT2D eigenvalue weighted by molar-refractivity contribution is 5.88. The van der Waals surface area contributed by atoms with Crippen molar-refractivity contribution in [3.63, 3.8) is 0 Å². The lowest BCUT2D eigenvalue weighted by Crippen LogP contribution is -2.44. The molecule has 6 heteroatoms. The van der Waals surface area contributed by atoms with Gasteiger partial charge in [-0.2, -0.15) is 0 Å². The van der Waals surface area contributed by atoms with E-state index in [-0.39, 0.29) is 5.91 Å². The van der Waals surface area contributed by atoms with Gasteiger partial charge in [0.1, 0.15) is 12.4 Å². The molecule has 0 aliphatic carbocycles. The van der Waals surface area contributed by atoms with Crippen LogP contribution in [-0.2, 0) is 4.79 Å². The van der Waals surface area contributed by atoms with Crippen molar-refractivity contribution in [2.24, 2.45) is 4.99 Å². The number of guanidine groups is 1. The van der Waals surface area contributed by atoms with E-state index in [4.69, 9.17) is 4.74 Å². The fraction of sp³-hybridized carbons (Fsp3) is 0.304. The second-order valence-electron chi connectivity index (χ2n) is 6.82. The molecule has 2 aromatic rings. The van der Waals surface area contributed by atoms with Crippen molar-refractivity contribution < 1.29 is 9.53 Å². The summed E-state index contributed by atoms with van der Waals surface area (Å²) < 4.78 is 5.79. The second kappa shape index (κ2) is 10.3. The standard InChI is InChI=1S/C23H28N4O2/c1-18(28)26-21-9-6-10-22(17-21)29-16-13-25-23(24-2)27-14-11-20(12-15-27)19-7-4-3-5-8-19/h3-11,17H,12-16H2,1-2H3,(H,24,25)(H,26,28). The topological polar surface area (TPSA) is 66.0 Å². The number of rotatable bonds is 6. The minimum Gasteiger partial charge on any atom is -0.492 e. The average molecular weight is 393 g/mol. The van der Waals surface area contributed by atoms with Crippen molar-refractivity contribution in [2.75, 3.05) is 38.6 Å². The fourth-order valence-corrected chi connectivity index (χ4v) is 3.31. The molecule has 0 saturated carbocycles. The van der Waals surface area contributed by atoms with Gasteiger partial charge in [-0.3, -0.25) is 9.79 Å². The van der Waals surface area contributed by atoms with Gasteiger partial charge in [0.2, 0.25) is 5.91 Å². The Balaban J connectivity index is 1.46. The van der Waals surface area contributed by atoms with E-state index in [2.05, 4.69) is 50.9 Å². The summed E-state index contributed by atoms with van der Waals surface area (Å²) >= 11 is 0. The number of hydrogen-bond donors (Lipinski definition) is 2. The Hall–Kier alpha value is -3.28. The third-order valence-corrected chi connectivity index (χ3v) is 4.67. The fourth-order valence-electron chi connectivity index (χ4n) is 3.31. The highest BCUT2D eigenvalue weighted by Gasteiger charge is 2.15. The molecule has 1 amide bonds. The summed E-state index contributed by atoms with van der Waals surface area (Å²) in [4.78, 5) is 17.8. The maximum Gasteiger partial charge on any atom is 0.221 e. The monoisotopic (exact) mass is 392 g/mol. The van der Waals surface area contributed by atoms with Crippen LogP contribution in [0.3, 0.4) is 0 Å². The first-order valence-corrected chi connectivity index (χ1v) is 9.86. The van der Waals surface area contributed by atoms with Crippen LogP contribution in [0.15, 0.2) is 65.7 Å². The van der Waals surface area contributed by atoms with Crippen molar-refractivity contribution in [3.05, 3.63) is 66.2 Å². The summed E-state index contributed by atoms with van der Waals surface area (Å²) in [7, 11) is 1.80. The molecular formula is C23H28N4O2. The molecular weight excluding hydrogens is 364 g/mol. The summed E-state index contributed by atoms with van der Waals surface area (Å²) in [5, 5.41) is 6.12. The lowest BCUT2D eigenvalue weighted by Gasteiger charge is -2.29. The molecule has 6 nitrogen and oxygen atoms in total. The summed E-state index contributed by atoms with van der Waals surface area (Å²) in [5.74, 6) is 1.50. The molecule has 0 fully saturated rings. The van der Waals surface area contributed by atoms with Crippen molar-refractivity contribution in [1.82, 2.24) is 10.2 Å². The number of ether oxygens (including phenoxy) is 1. The van der Waals surface area contributed by atoms with E-state index in [0.717, 1.165) is 36.9 Å². The van der Waals surface area contributed by atoms with Gasteiger partial charge in [0.15, 0.2) is 5.96 Å². The Morgan fingerprint density at radius 3 is 2.69 bits per heavy atom. The highest BCUT2D eigenvalue weighted by Crippen LogP contribution is 2.22. The molecule has 2 N–H and O–H groups in total. The number of carbonyl (C=O) groups is 1. The normalized spacial score (nSPS) is 14.2. The summed E-state index contributed by atoms with van der Waals surface area (Å²) in [6.07, 6.45) is 3.27. The lowest BCUT2D eigenvalue weighted by molar-refractivity contribution is -0.114. The lowest BCUT2D eigenvalue weighted by atomic mass is 10.00. The quantitative estimate of drug-likeness (QED) is 0.449. The number of aliphatic imine (C=N–C) groups is 1. The molecule has 152 valence electrons. The van der Waals surface area contributed by atoms with E-state index in [1.54, 1.807) is 7.05 Å². The molecule has 0 atom stereocenters. The molecule has 0 aromatic heterocycles. The number of anilines is 1. The Labute approximate surface area is 172 Å². The van der Waals surface area contributed by atoms with Crippen LogP contribution in [0.5, 0.6) is 5.75 Å². The maximum atomic E-state index is 11.2. The number of benzene rings is 2. The van der Waals surface area contributed by atoms with Gasteiger partial charge in [0.05, 0.1) is 6.54 Å². The molecule has 2 aromatic carbocycles. The second-order valence-corrected chi connectivity index (χ2v) is 6.82. The van der Waals surface area contributed by atoms with E-state index in [0.29, 0.717) is 13.2 Å². The van der Waals surface area contributed by atoms with E-state index in [9.17, 15) is 4.79 Å². The van der Waals surface area contributed by atoms with Crippen molar-refractivity contribution in [3.8, 4) is 5.75 Å². The first-order chi connectivity index (χ1) is 14.2. The SMILES string of the molecule is CN=C(NCCOc1cccc(NC(C)=O)c1)N1CC=C(c2ccccc2)CC1. The molecule has 1 heterocycles. The van der Waals surface area contributed by atoms with E-state index in [1.807, 2.05) is 30.3 Å². The van der Waals surface area contributed by atoms with Crippen LogP contribution in [0.25, 0.3) is 5.57 Å². The largest absolute Gasteiger partial charge is 0.492 e. The summed E-state index contributed by atoms with van der Waals surface area (Å²) in [5.41, 5.74) is 3.41. The number of nitrogens with zero attached hydrogens (tertiary/aromatic N) is 2. The molecule has 3 rings (SSSR count). The molecule has 0 unspecified atom stereocenters.